The minimum atomic E-state index is -0.879. The van der Waals surface area contributed by atoms with Crippen LogP contribution in [-0.2, 0) is 9.53 Å². The van der Waals surface area contributed by atoms with Crippen LogP contribution in [0.4, 0.5) is 0 Å². The van der Waals surface area contributed by atoms with Gasteiger partial charge in [-0.25, -0.2) is 0 Å². The number of amides is 1. The number of carbonyl (C=O) groups excluding carboxylic acids is 1. The highest BCUT2D eigenvalue weighted by atomic mass is 16.5. The van der Waals surface area contributed by atoms with Crippen LogP contribution in [0.3, 0.4) is 0 Å². The van der Waals surface area contributed by atoms with Gasteiger partial charge in [0, 0.05) is 27.2 Å². The molecule has 0 heterocycles. The number of rotatable bonds is 6. The summed E-state index contributed by atoms with van der Waals surface area (Å²) in [6.45, 7) is 3.94. The van der Waals surface area contributed by atoms with Crippen LogP contribution in [0.1, 0.15) is 20.3 Å². The van der Waals surface area contributed by atoms with E-state index in [0.29, 0.717) is 13.1 Å². The van der Waals surface area contributed by atoms with Gasteiger partial charge >= 0.3 is 0 Å². The number of aliphatic hydroxyl groups is 1. The van der Waals surface area contributed by atoms with Crippen LogP contribution in [0.2, 0.25) is 0 Å². The molecule has 0 saturated carbocycles. The Labute approximate surface area is 91.2 Å². The smallest absolute Gasteiger partial charge is 0.225 e. The molecule has 90 valence electrons. The number of ether oxygens (including phenoxy) is 1. The van der Waals surface area contributed by atoms with Crippen molar-refractivity contribution in [3.8, 4) is 0 Å². The predicted octanol–water partition coefficient (Wildman–Crippen LogP) is -0.420. The lowest BCUT2D eigenvalue weighted by Crippen LogP contribution is -2.41. The number of hydrogen-bond donors (Lipinski definition) is 2. The van der Waals surface area contributed by atoms with Crippen molar-refractivity contribution in [2.45, 2.75) is 32.0 Å². The standard InChI is InChI=1S/C10H22N2O3/c1-10(2,14)7-12(3)9(13)5-8(6-11)15-4/h8,14H,5-7,11H2,1-4H3. The van der Waals surface area contributed by atoms with Gasteiger partial charge < -0.3 is 20.5 Å². The van der Waals surface area contributed by atoms with Crippen molar-refractivity contribution in [3.63, 3.8) is 0 Å². The van der Waals surface area contributed by atoms with Gasteiger partial charge in [-0.1, -0.05) is 0 Å². The molecule has 0 bridgehead atoms. The third-order valence-electron chi connectivity index (χ3n) is 2.05. The zero-order valence-corrected chi connectivity index (χ0v) is 9.99. The Kier molecular flexibility index (Phi) is 5.79. The number of nitrogens with zero attached hydrogens (tertiary/aromatic N) is 1. The summed E-state index contributed by atoms with van der Waals surface area (Å²) in [5.74, 6) is -0.0746. The second-order valence-corrected chi connectivity index (χ2v) is 4.36. The molecule has 0 aliphatic rings. The summed E-state index contributed by atoms with van der Waals surface area (Å²) >= 11 is 0. The second kappa shape index (κ2) is 6.05. The van der Waals surface area contributed by atoms with Crippen molar-refractivity contribution >= 4 is 5.91 Å². The zero-order chi connectivity index (χ0) is 12.1. The molecular formula is C10H22N2O3. The first-order valence-corrected chi connectivity index (χ1v) is 4.99. The molecule has 0 aromatic rings. The highest BCUT2D eigenvalue weighted by Crippen LogP contribution is 2.06. The Morgan fingerprint density at radius 1 is 1.60 bits per heavy atom. The topological polar surface area (TPSA) is 75.8 Å². The van der Waals surface area contributed by atoms with Crippen molar-refractivity contribution < 1.29 is 14.6 Å². The molecule has 1 atom stereocenters. The molecule has 3 N–H and O–H groups in total. The van der Waals surface area contributed by atoms with E-state index < -0.39 is 5.60 Å². The summed E-state index contributed by atoms with van der Waals surface area (Å²) in [6.07, 6.45) is 0.00121. The van der Waals surface area contributed by atoms with Gasteiger partial charge in [-0.2, -0.15) is 0 Å². The lowest BCUT2D eigenvalue weighted by atomic mass is 10.1. The average Bonchev–Trinajstić information content (AvgIpc) is 2.10. The third kappa shape index (κ3) is 6.43. The van der Waals surface area contributed by atoms with Gasteiger partial charge in [0.1, 0.15) is 0 Å². The van der Waals surface area contributed by atoms with Crippen molar-refractivity contribution in [1.29, 1.82) is 0 Å². The number of hydrogen-bond acceptors (Lipinski definition) is 4. The monoisotopic (exact) mass is 218 g/mol. The summed E-state index contributed by atoms with van der Waals surface area (Å²) in [5, 5.41) is 9.54. The van der Waals surface area contributed by atoms with Crippen LogP contribution in [0, 0.1) is 0 Å². The van der Waals surface area contributed by atoms with Crippen LogP contribution in [0.25, 0.3) is 0 Å². The largest absolute Gasteiger partial charge is 0.389 e. The van der Waals surface area contributed by atoms with E-state index in [-0.39, 0.29) is 18.4 Å². The van der Waals surface area contributed by atoms with Crippen molar-refractivity contribution in [3.05, 3.63) is 0 Å². The third-order valence-corrected chi connectivity index (χ3v) is 2.05. The molecule has 1 amide bonds. The quantitative estimate of drug-likeness (QED) is 0.635. The first kappa shape index (κ1) is 14.3. The molecule has 0 rings (SSSR count). The van der Waals surface area contributed by atoms with Gasteiger partial charge in [-0.15, -0.1) is 0 Å². The van der Waals surface area contributed by atoms with Gasteiger partial charge in [0.15, 0.2) is 0 Å². The lowest BCUT2D eigenvalue weighted by molar-refractivity contribution is -0.134. The first-order valence-electron chi connectivity index (χ1n) is 4.99. The summed E-state index contributed by atoms with van der Waals surface area (Å²) in [5.41, 5.74) is 4.53. The molecule has 5 nitrogen and oxygen atoms in total. The fraction of sp³-hybridized carbons (Fsp3) is 0.900. The van der Waals surface area contributed by atoms with E-state index in [2.05, 4.69) is 0 Å². The predicted molar refractivity (Wildman–Crippen MR) is 58.4 cm³/mol. The minimum absolute atomic E-state index is 0.0746. The molecule has 0 aliphatic heterocycles. The lowest BCUT2D eigenvalue weighted by Gasteiger charge is -2.26. The first-order chi connectivity index (χ1) is 6.80. The summed E-state index contributed by atoms with van der Waals surface area (Å²) < 4.78 is 5.02. The van der Waals surface area contributed by atoms with Gasteiger partial charge in [0.25, 0.3) is 0 Å². The Balaban J connectivity index is 4.09. The average molecular weight is 218 g/mol. The molecule has 15 heavy (non-hydrogen) atoms. The summed E-state index contributed by atoms with van der Waals surface area (Å²) in [7, 11) is 3.18. The summed E-state index contributed by atoms with van der Waals surface area (Å²) in [6, 6.07) is 0. The molecule has 0 fully saturated rings. The minimum Gasteiger partial charge on any atom is -0.389 e. The molecule has 0 aliphatic carbocycles. The van der Waals surface area contributed by atoms with Crippen LogP contribution in [0.15, 0.2) is 0 Å². The van der Waals surface area contributed by atoms with Crippen LogP contribution in [-0.4, -0.2) is 54.9 Å². The van der Waals surface area contributed by atoms with E-state index in [1.807, 2.05) is 0 Å². The fourth-order valence-electron chi connectivity index (χ4n) is 1.28. The molecular weight excluding hydrogens is 196 g/mol. The number of carbonyl (C=O) groups is 1. The van der Waals surface area contributed by atoms with Crippen LogP contribution >= 0.6 is 0 Å². The normalized spacial score (nSPS) is 13.7. The van der Waals surface area contributed by atoms with E-state index in [0.717, 1.165) is 0 Å². The molecule has 0 spiro atoms. The second-order valence-electron chi connectivity index (χ2n) is 4.36. The van der Waals surface area contributed by atoms with Gasteiger partial charge in [0.2, 0.25) is 5.91 Å². The maximum Gasteiger partial charge on any atom is 0.225 e. The highest BCUT2D eigenvalue weighted by molar-refractivity contribution is 5.76. The van der Waals surface area contributed by atoms with Crippen LogP contribution in [0.5, 0.6) is 0 Å². The maximum atomic E-state index is 11.6. The fourth-order valence-corrected chi connectivity index (χ4v) is 1.28. The highest BCUT2D eigenvalue weighted by Gasteiger charge is 2.21. The van der Waals surface area contributed by atoms with Crippen LogP contribution < -0.4 is 5.73 Å². The van der Waals surface area contributed by atoms with E-state index in [4.69, 9.17) is 10.5 Å². The molecule has 0 radical (unpaired) electrons. The zero-order valence-electron chi connectivity index (χ0n) is 9.99. The van der Waals surface area contributed by atoms with Crippen molar-refractivity contribution in [2.75, 3.05) is 27.2 Å². The number of nitrogens with two attached hydrogens (primary N) is 1. The van der Waals surface area contributed by atoms with E-state index in [1.165, 1.54) is 12.0 Å². The SMILES string of the molecule is COC(CN)CC(=O)N(C)CC(C)(C)O. The molecule has 1 unspecified atom stereocenters. The molecule has 0 aromatic carbocycles. The number of likely N-dealkylation sites (N-methyl/N-ethyl adjacent to an activating group) is 1. The Bertz CT molecular complexity index is 197. The molecule has 0 aromatic heterocycles. The molecule has 5 heteroatoms. The summed E-state index contributed by atoms with van der Waals surface area (Å²) in [4.78, 5) is 13.1. The Morgan fingerprint density at radius 2 is 2.13 bits per heavy atom. The van der Waals surface area contributed by atoms with E-state index >= 15 is 0 Å². The van der Waals surface area contributed by atoms with Gasteiger partial charge in [-0.3, -0.25) is 4.79 Å². The number of methoxy groups -OCH3 is 1. The Hall–Kier alpha value is -0.650. The molecule has 0 saturated heterocycles. The maximum absolute atomic E-state index is 11.6. The van der Waals surface area contributed by atoms with Crippen molar-refractivity contribution in [2.24, 2.45) is 5.73 Å². The van der Waals surface area contributed by atoms with Gasteiger partial charge in [-0.05, 0) is 13.8 Å². The van der Waals surface area contributed by atoms with E-state index in [1.54, 1.807) is 20.9 Å². The van der Waals surface area contributed by atoms with Gasteiger partial charge in [0.05, 0.1) is 18.1 Å². The van der Waals surface area contributed by atoms with E-state index in [9.17, 15) is 9.90 Å². The Morgan fingerprint density at radius 3 is 2.47 bits per heavy atom. The van der Waals surface area contributed by atoms with Crippen molar-refractivity contribution in [1.82, 2.24) is 4.90 Å².